The predicted octanol–water partition coefficient (Wildman–Crippen LogP) is 3.73. The first kappa shape index (κ1) is 17.2. The molecule has 2 aromatic heterocycles. The number of rotatable bonds is 4. The quantitative estimate of drug-likeness (QED) is 0.758. The van der Waals surface area contributed by atoms with E-state index in [9.17, 15) is 9.18 Å². The van der Waals surface area contributed by atoms with Crippen LogP contribution in [0.3, 0.4) is 0 Å². The number of aromatic nitrogens is 2. The molecule has 1 N–H and O–H groups in total. The van der Waals surface area contributed by atoms with E-state index < -0.39 is 0 Å². The second-order valence-corrected chi connectivity index (χ2v) is 7.62. The van der Waals surface area contributed by atoms with Crippen LogP contribution in [0.15, 0.2) is 30.3 Å². The molecule has 0 spiro atoms. The minimum Gasteiger partial charge on any atom is -0.376 e. The number of benzene rings is 1. The van der Waals surface area contributed by atoms with Gasteiger partial charge in [0.15, 0.2) is 0 Å². The molecule has 1 aliphatic heterocycles. The minimum atomic E-state index is -0.296. The molecule has 3 aromatic rings. The summed E-state index contributed by atoms with van der Waals surface area (Å²) in [6.07, 6.45) is 1.74. The Balaban J connectivity index is 1.62. The summed E-state index contributed by atoms with van der Waals surface area (Å²) in [5, 5.41) is 8.46. The fraction of sp³-hybridized carbons (Fsp3) is 0.368. The molecule has 1 aliphatic rings. The molecule has 5 nitrogen and oxygen atoms in total. The number of fused-ring (bicyclic) bond motifs is 1. The topological polar surface area (TPSA) is 56.2 Å². The van der Waals surface area contributed by atoms with E-state index in [0.29, 0.717) is 11.5 Å². The molecule has 7 heteroatoms. The molecular weight excluding hydrogens is 353 g/mol. The summed E-state index contributed by atoms with van der Waals surface area (Å²) in [6.45, 7) is 2.62. The number of nitrogens with zero attached hydrogens (tertiary/aromatic N) is 2. The van der Waals surface area contributed by atoms with Gasteiger partial charge in [0.2, 0.25) is 0 Å². The lowest BCUT2D eigenvalue weighted by molar-refractivity contribution is 0.0674. The maximum absolute atomic E-state index is 13.3. The molecule has 0 radical (unpaired) electrons. The highest BCUT2D eigenvalue weighted by Crippen LogP contribution is 2.30. The van der Waals surface area contributed by atoms with Crippen LogP contribution in [0.5, 0.6) is 0 Å². The largest absolute Gasteiger partial charge is 0.376 e. The summed E-state index contributed by atoms with van der Waals surface area (Å²) in [5.41, 5.74) is 1.76. The van der Waals surface area contributed by atoms with Crippen molar-refractivity contribution in [2.24, 2.45) is 7.05 Å². The maximum Gasteiger partial charge on any atom is 0.262 e. The van der Waals surface area contributed by atoms with Gasteiger partial charge in [0, 0.05) is 19.0 Å². The number of nitrogens with one attached hydrogen (secondary N) is 1. The number of hydrogen-bond donors (Lipinski definition) is 1. The third kappa shape index (κ3) is 3.12. The third-order valence-corrected chi connectivity index (χ3v) is 5.97. The Morgan fingerprint density at radius 3 is 2.85 bits per heavy atom. The zero-order valence-electron chi connectivity index (χ0n) is 14.7. The van der Waals surface area contributed by atoms with Crippen molar-refractivity contribution in [2.45, 2.75) is 31.9 Å². The zero-order valence-corrected chi connectivity index (χ0v) is 15.5. The van der Waals surface area contributed by atoms with Crippen molar-refractivity contribution in [1.82, 2.24) is 15.1 Å². The van der Waals surface area contributed by atoms with Crippen LogP contribution in [-0.2, 0) is 11.8 Å². The Labute approximate surface area is 154 Å². The van der Waals surface area contributed by atoms with E-state index in [1.807, 2.05) is 20.0 Å². The first-order chi connectivity index (χ1) is 12.5. The number of thiophene rings is 1. The summed E-state index contributed by atoms with van der Waals surface area (Å²) < 4.78 is 20.9. The summed E-state index contributed by atoms with van der Waals surface area (Å²) in [7, 11) is 1.88. The molecular formula is C19H20FN3O2S. The molecule has 2 unspecified atom stereocenters. The van der Waals surface area contributed by atoms with Crippen molar-refractivity contribution >= 4 is 27.5 Å². The number of hydrogen-bond acceptors (Lipinski definition) is 4. The van der Waals surface area contributed by atoms with Gasteiger partial charge in [-0.05, 0) is 43.5 Å². The van der Waals surface area contributed by atoms with Gasteiger partial charge in [0.05, 0.1) is 22.7 Å². The summed E-state index contributed by atoms with van der Waals surface area (Å²) in [6, 6.07) is 7.84. The molecule has 0 aliphatic carbocycles. The zero-order chi connectivity index (χ0) is 18.3. The number of carbonyl (C=O) groups is 1. The first-order valence-electron chi connectivity index (χ1n) is 8.64. The van der Waals surface area contributed by atoms with Crippen molar-refractivity contribution in [3.05, 3.63) is 52.3 Å². The minimum absolute atomic E-state index is 0.0952. The van der Waals surface area contributed by atoms with E-state index in [4.69, 9.17) is 4.74 Å². The highest BCUT2D eigenvalue weighted by Gasteiger charge is 2.29. The monoisotopic (exact) mass is 373 g/mol. The van der Waals surface area contributed by atoms with Crippen LogP contribution in [0.2, 0.25) is 0 Å². The van der Waals surface area contributed by atoms with E-state index in [1.54, 1.807) is 16.8 Å². The Hall–Kier alpha value is -2.25. The van der Waals surface area contributed by atoms with Crippen molar-refractivity contribution in [3.63, 3.8) is 0 Å². The van der Waals surface area contributed by atoms with Crippen LogP contribution < -0.4 is 5.32 Å². The first-order valence-corrected chi connectivity index (χ1v) is 9.45. The fourth-order valence-electron chi connectivity index (χ4n) is 3.46. The van der Waals surface area contributed by atoms with Crippen molar-refractivity contribution in [1.29, 1.82) is 0 Å². The van der Waals surface area contributed by atoms with Crippen molar-refractivity contribution in [3.8, 4) is 0 Å². The number of amides is 1. The van der Waals surface area contributed by atoms with Crippen LogP contribution in [-0.4, -0.2) is 28.4 Å². The smallest absolute Gasteiger partial charge is 0.262 e. The number of carbonyl (C=O) groups excluding carboxylic acids is 1. The molecule has 0 saturated carbocycles. The predicted molar refractivity (Wildman–Crippen MR) is 98.9 cm³/mol. The van der Waals surface area contributed by atoms with Crippen LogP contribution in [0, 0.1) is 12.7 Å². The Kier molecular flexibility index (Phi) is 4.50. The van der Waals surface area contributed by atoms with Gasteiger partial charge in [-0.25, -0.2) is 4.39 Å². The highest BCUT2D eigenvalue weighted by molar-refractivity contribution is 7.20. The molecule has 1 fully saturated rings. The lowest BCUT2D eigenvalue weighted by Crippen LogP contribution is -2.35. The second-order valence-electron chi connectivity index (χ2n) is 6.59. The molecule has 1 amide bonds. The summed E-state index contributed by atoms with van der Waals surface area (Å²) >= 11 is 1.42. The van der Waals surface area contributed by atoms with Crippen LogP contribution in [0.25, 0.3) is 10.2 Å². The molecule has 2 atom stereocenters. The standard InChI is InChI=1S/C19H20FN3O2S/c1-11-14-10-16(26-19(14)23(2)22-11)18(24)21-17(15-4-3-9-25-15)12-5-7-13(20)8-6-12/h5-8,10,15,17H,3-4,9H2,1-2H3,(H,21,24). The summed E-state index contributed by atoms with van der Waals surface area (Å²) in [4.78, 5) is 14.5. The van der Waals surface area contributed by atoms with Gasteiger partial charge >= 0.3 is 0 Å². The summed E-state index contributed by atoms with van der Waals surface area (Å²) in [5.74, 6) is -0.436. The van der Waals surface area contributed by atoms with Gasteiger partial charge in [0.25, 0.3) is 5.91 Å². The normalized spacial score (nSPS) is 18.3. The Bertz CT molecular complexity index is 907. The lowest BCUT2D eigenvalue weighted by atomic mass is 9.99. The molecule has 136 valence electrons. The average Bonchev–Trinajstić information content (AvgIpc) is 3.34. The number of ether oxygens (including phenoxy) is 1. The SMILES string of the molecule is Cc1nn(C)c2sc(C(=O)NC(c3ccc(F)cc3)C3CCCO3)cc12. The molecule has 1 aromatic carbocycles. The lowest BCUT2D eigenvalue weighted by Gasteiger charge is -2.24. The van der Waals surface area contributed by atoms with Gasteiger partial charge in [-0.3, -0.25) is 9.48 Å². The third-order valence-electron chi connectivity index (χ3n) is 4.77. The van der Waals surface area contributed by atoms with E-state index >= 15 is 0 Å². The number of halogens is 1. The molecule has 3 heterocycles. The molecule has 1 saturated heterocycles. The number of aryl methyl sites for hydroxylation is 2. The Morgan fingerprint density at radius 1 is 1.42 bits per heavy atom. The van der Waals surface area contributed by atoms with Gasteiger partial charge in [0.1, 0.15) is 10.6 Å². The average molecular weight is 373 g/mol. The van der Waals surface area contributed by atoms with Crippen LogP contribution >= 0.6 is 11.3 Å². The highest BCUT2D eigenvalue weighted by atomic mass is 32.1. The van der Waals surface area contributed by atoms with Crippen LogP contribution in [0.1, 0.15) is 39.8 Å². The second kappa shape index (κ2) is 6.81. The maximum atomic E-state index is 13.3. The van der Waals surface area contributed by atoms with Gasteiger partial charge in [-0.2, -0.15) is 5.10 Å². The molecule has 0 bridgehead atoms. The van der Waals surface area contributed by atoms with Crippen molar-refractivity contribution < 1.29 is 13.9 Å². The van der Waals surface area contributed by atoms with Crippen LogP contribution in [0.4, 0.5) is 4.39 Å². The van der Waals surface area contributed by atoms with E-state index in [2.05, 4.69) is 10.4 Å². The van der Waals surface area contributed by atoms with Gasteiger partial charge in [-0.1, -0.05) is 12.1 Å². The van der Waals surface area contributed by atoms with Gasteiger partial charge < -0.3 is 10.1 Å². The van der Waals surface area contributed by atoms with E-state index in [1.165, 1.54) is 23.5 Å². The van der Waals surface area contributed by atoms with Crippen molar-refractivity contribution in [2.75, 3.05) is 6.61 Å². The Morgan fingerprint density at radius 2 is 2.19 bits per heavy atom. The van der Waals surface area contributed by atoms with E-state index in [0.717, 1.165) is 34.3 Å². The molecule has 26 heavy (non-hydrogen) atoms. The van der Waals surface area contributed by atoms with Gasteiger partial charge in [-0.15, -0.1) is 11.3 Å². The van der Waals surface area contributed by atoms with E-state index in [-0.39, 0.29) is 23.9 Å². The molecule has 4 rings (SSSR count). The fourth-order valence-corrected chi connectivity index (χ4v) is 4.48.